The van der Waals surface area contributed by atoms with E-state index in [4.69, 9.17) is 11.1 Å². The Kier molecular flexibility index (Phi) is 5.20. The summed E-state index contributed by atoms with van der Waals surface area (Å²) in [5.41, 5.74) is 2.99. The summed E-state index contributed by atoms with van der Waals surface area (Å²) < 4.78 is 91.4. The quantitative estimate of drug-likeness (QED) is 0.336. The van der Waals surface area contributed by atoms with Gasteiger partial charge in [0, 0.05) is 18.8 Å². The second-order valence-electron chi connectivity index (χ2n) is 6.39. The lowest BCUT2D eigenvalue weighted by Crippen LogP contribution is -2.34. The highest BCUT2D eigenvalue weighted by molar-refractivity contribution is 7.91. The highest BCUT2D eigenvalue weighted by atomic mass is 32.2. The van der Waals surface area contributed by atoms with E-state index in [-0.39, 0.29) is 38.9 Å². The van der Waals surface area contributed by atoms with E-state index in [0.29, 0.717) is 6.07 Å². The Balaban J connectivity index is 2.27. The van der Waals surface area contributed by atoms with Crippen molar-refractivity contribution in [2.45, 2.75) is 23.9 Å². The number of hydrogen-bond donors (Lipinski definition) is 2. The summed E-state index contributed by atoms with van der Waals surface area (Å²) in [4.78, 5) is 7.62. The Morgan fingerprint density at radius 1 is 1.19 bits per heavy atom. The third-order valence-corrected chi connectivity index (χ3v) is 6.13. The van der Waals surface area contributed by atoms with E-state index in [9.17, 15) is 30.4 Å². The number of hydrogen-bond acceptors (Lipinski definition) is 7. The lowest BCUT2D eigenvalue weighted by atomic mass is 10.2. The number of aromatic nitrogens is 5. The van der Waals surface area contributed by atoms with Gasteiger partial charge in [0.15, 0.2) is 21.3 Å². The van der Waals surface area contributed by atoms with Crippen LogP contribution in [0.15, 0.2) is 23.2 Å². The van der Waals surface area contributed by atoms with E-state index < -0.39 is 33.5 Å². The van der Waals surface area contributed by atoms with Gasteiger partial charge in [-0.15, -0.1) is 10.2 Å². The molecule has 0 fully saturated rings. The first-order valence-electron chi connectivity index (χ1n) is 8.43. The largest absolute Gasteiger partial charge is 0.459 e. The molecule has 0 unspecified atom stereocenters. The molecule has 0 radical (unpaired) electrons. The normalized spacial score (nSPS) is 13.0. The number of amidine groups is 1. The third kappa shape index (κ3) is 3.68. The van der Waals surface area contributed by atoms with E-state index in [1.165, 1.54) is 14.0 Å². The molecule has 3 heterocycles. The van der Waals surface area contributed by atoms with E-state index in [1.807, 2.05) is 0 Å². The molecule has 3 aromatic rings. The van der Waals surface area contributed by atoms with Crippen molar-refractivity contribution in [1.29, 1.82) is 5.41 Å². The summed E-state index contributed by atoms with van der Waals surface area (Å²) in [6.45, 7) is 1.37. The van der Waals surface area contributed by atoms with Crippen LogP contribution in [0.25, 0.3) is 22.7 Å². The number of pyridine rings is 1. The van der Waals surface area contributed by atoms with Crippen LogP contribution in [0.3, 0.4) is 0 Å². The van der Waals surface area contributed by atoms with Crippen LogP contribution >= 0.6 is 0 Å². The molecule has 0 aliphatic rings. The van der Waals surface area contributed by atoms with Gasteiger partial charge in [-0.1, -0.05) is 6.92 Å². The number of sulfone groups is 1. The van der Waals surface area contributed by atoms with Crippen molar-refractivity contribution in [2.24, 2.45) is 12.8 Å². The summed E-state index contributed by atoms with van der Waals surface area (Å²) in [5.74, 6) is -6.21. The van der Waals surface area contributed by atoms with Gasteiger partial charge in [-0.3, -0.25) is 10.4 Å². The smallest absolute Gasteiger partial charge is 0.384 e. The molecular formula is C16H14F5N7O2S. The van der Waals surface area contributed by atoms with Gasteiger partial charge in [0.05, 0.1) is 10.6 Å². The summed E-state index contributed by atoms with van der Waals surface area (Å²) in [5, 5.41) is 13.8. The maximum absolute atomic E-state index is 13.6. The molecule has 0 saturated carbocycles. The molecule has 0 amide bonds. The number of nitrogens with two attached hydrogens (primary N) is 1. The number of nitrogens with zero attached hydrogens (tertiary/aromatic N) is 5. The van der Waals surface area contributed by atoms with Gasteiger partial charge in [-0.05, 0) is 12.1 Å². The van der Waals surface area contributed by atoms with Crippen molar-refractivity contribution in [2.75, 3.05) is 5.75 Å². The number of rotatable bonds is 5. The Bertz CT molecular complexity index is 1300. The van der Waals surface area contributed by atoms with Crippen LogP contribution in [0.1, 0.15) is 18.2 Å². The lowest BCUT2D eigenvalue weighted by molar-refractivity contribution is -0.291. The fraction of sp³-hybridized carbons (Fsp3) is 0.312. The molecule has 0 aromatic carbocycles. The zero-order valence-corrected chi connectivity index (χ0v) is 16.7. The molecule has 0 bridgehead atoms. The average molecular weight is 463 g/mol. The van der Waals surface area contributed by atoms with Gasteiger partial charge >= 0.3 is 12.1 Å². The Morgan fingerprint density at radius 3 is 2.39 bits per heavy atom. The van der Waals surface area contributed by atoms with Gasteiger partial charge in [0.25, 0.3) is 0 Å². The first-order valence-corrected chi connectivity index (χ1v) is 10.1. The van der Waals surface area contributed by atoms with Crippen LogP contribution in [-0.4, -0.2) is 50.9 Å². The molecule has 3 aromatic heterocycles. The Hall–Kier alpha value is -3.23. The summed E-state index contributed by atoms with van der Waals surface area (Å²) in [6.07, 6.45) is -4.78. The predicted molar refractivity (Wildman–Crippen MR) is 98.2 cm³/mol. The van der Waals surface area contributed by atoms with Crippen molar-refractivity contribution in [3.63, 3.8) is 0 Å². The number of nitrogen functional groups attached to an aromatic ring is 1. The number of halogens is 5. The maximum atomic E-state index is 13.6. The summed E-state index contributed by atoms with van der Waals surface area (Å²) in [6, 6.07) is 1.54. The summed E-state index contributed by atoms with van der Waals surface area (Å²) >= 11 is 0. The number of fused-ring (bicyclic) bond motifs is 1. The van der Waals surface area contributed by atoms with Crippen LogP contribution in [0, 0.1) is 5.41 Å². The highest BCUT2D eigenvalue weighted by Crippen LogP contribution is 2.43. The van der Waals surface area contributed by atoms with Gasteiger partial charge in [-0.2, -0.15) is 22.0 Å². The maximum Gasteiger partial charge on any atom is 0.459 e. The van der Waals surface area contributed by atoms with Crippen molar-refractivity contribution >= 4 is 26.8 Å². The fourth-order valence-electron chi connectivity index (χ4n) is 2.65. The van der Waals surface area contributed by atoms with Crippen molar-refractivity contribution in [3.05, 3.63) is 29.6 Å². The molecule has 0 atom stereocenters. The molecular weight excluding hydrogens is 449 g/mol. The predicted octanol–water partition coefficient (Wildman–Crippen LogP) is 2.16. The SMILES string of the molecule is CCS(=O)(=O)c1cc(C(=N)N)cnc1-c1nc2cc(C(F)(F)C(F)(F)F)nnc2n1C. The molecule has 9 nitrogen and oxygen atoms in total. The molecule has 0 aliphatic carbocycles. The highest BCUT2D eigenvalue weighted by Gasteiger charge is 2.60. The van der Waals surface area contributed by atoms with Crippen molar-refractivity contribution in [3.8, 4) is 11.5 Å². The van der Waals surface area contributed by atoms with Gasteiger partial charge in [0.2, 0.25) is 0 Å². The monoisotopic (exact) mass is 463 g/mol. The van der Waals surface area contributed by atoms with Crippen LogP contribution in [0.2, 0.25) is 0 Å². The molecule has 166 valence electrons. The zero-order chi connectivity index (χ0) is 23.4. The molecule has 0 aliphatic heterocycles. The number of aryl methyl sites for hydroxylation is 1. The van der Waals surface area contributed by atoms with Crippen molar-refractivity contribution < 1.29 is 30.4 Å². The number of alkyl halides is 5. The van der Waals surface area contributed by atoms with E-state index in [0.717, 1.165) is 16.8 Å². The number of imidazole rings is 1. The van der Waals surface area contributed by atoms with E-state index in [1.54, 1.807) is 0 Å². The van der Waals surface area contributed by atoms with Gasteiger partial charge in [0.1, 0.15) is 22.7 Å². The first kappa shape index (κ1) is 22.5. The van der Waals surface area contributed by atoms with Crippen LogP contribution in [0.5, 0.6) is 0 Å². The van der Waals surface area contributed by atoms with E-state index >= 15 is 0 Å². The topological polar surface area (TPSA) is 140 Å². The van der Waals surface area contributed by atoms with Crippen LogP contribution in [0.4, 0.5) is 22.0 Å². The lowest BCUT2D eigenvalue weighted by Gasteiger charge is -2.17. The van der Waals surface area contributed by atoms with Crippen molar-refractivity contribution in [1.82, 2.24) is 24.7 Å². The molecule has 3 N–H and O–H groups in total. The Labute approximate surface area is 171 Å². The first-order chi connectivity index (χ1) is 14.2. The average Bonchev–Trinajstić information content (AvgIpc) is 3.02. The molecule has 31 heavy (non-hydrogen) atoms. The number of nitrogens with one attached hydrogen (secondary N) is 1. The van der Waals surface area contributed by atoms with E-state index in [2.05, 4.69) is 20.2 Å². The molecule has 15 heteroatoms. The standard InChI is InChI=1S/C16H14F5N7O2S/c1-3-31(29,30)9-4-7(12(22)23)6-24-11(9)14-25-8-5-10(15(17,18)16(19,20)21)26-27-13(8)28(14)2/h4-6H,3H2,1-2H3,(H3,22,23). The minimum absolute atomic E-state index is 0.0152. The van der Waals surface area contributed by atoms with Gasteiger partial charge < -0.3 is 10.3 Å². The van der Waals surface area contributed by atoms with Crippen LogP contribution in [-0.2, 0) is 22.8 Å². The summed E-state index contributed by atoms with van der Waals surface area (Å²) in [7, 11) is -2.57. The molecule has 0 spiro atoms. The second kappa shape index (κ2) is 7.18. The van der Waals surface area contributed by atoms with Crippen LogP contribution < -0.4 is 5.73 Å². The molecule has 3 rings (SSSR count). The minimum Gasteiger partial charge on any atom is -0.384 e. The van der Waals surface area contributed by atoms with Gasteiger partial charge in [-0.25, -0.2) is 13.4 Å². The Morgan fingerprint density at radius 2 is 1.84 bits per heavy atom. The third-order valence-electron chi connectivity index (χ3n) is 4.39. The zero-order valence-electron chi connectivity index (χ0n) is 15.9. The second-order valence-corrected chi connectivity index (χ2v) is 8.64. The minimum atomic E-state index is -5.89. The molecule has 0 saturated heterocycles. The fourth-order valence-corrected chi connectivity index (χ4v) is 3.70.